The second-order valence-electron chi connectivity index (χ2n) is 3.69. The number of ether oxygens (including phenoxy) is 1. The van der Waals surface area contributed by atoms with E-state index in [9.17, 15) is 9.18 Å². The van der Waals surface area contributed by atoms with Crippen molar-refractivity contribution in [3.05, 3.63) is 36.5 Å². The summed E-state index contributed by atoms with van der Waals surface area (Å²) in [6.07, 6.45) is 1.45. The number of nitrogens with zero attached hydrogens (tertiary/aromatic N) is 1. The van der Waals surface area contributed by atoms with E-state index >= 15 is 0 Å². The summed E-state index contributed by atoms with van der Waals surface area (Å²) in [7, 11) is 0. The van der Waals surface area contributed by atoms with Crippen molar-refractivity contribution in [2.75, 3.05) is 6.61 Å². The first-order valence-electron chi connectivity index (χ1n) is 5.71. The highest BCUT2D eigenvalue weighted by atomic mass is 19.1. The van der Waals surface area contributed by atoms with E-state index in [1.807, 2.05) is 6.92 Å². The van der Waals surface area contributed by atoms with Crippen LogP contribution in [0.1, 0.15) is 25.3 Å². The zero-order valence-corrected chi connectivity index (χ0v) is 10.5. The van der Waals surface area contributed by atoms with Crippen molar-refractivity contribution >= 4 is 5.91 Å². The van der Waals surface area contributed by atoms with Gasteiger partial charge in [0.05, 0.1) is 12.5 Å². The van der Waals surface area contributed by atoms with Gasteiger partial charge in [-0.25, -0.2) is 9.37 Å². The number of halogens is 1. The molecule has 1 N–H and O–H groups in total. The van der Waals surface area contributed by atoms with E-state index in [2.05, 4.69) is 16.9 Å². The average molecular weight is 252 g/mol. The number of carbonyl (C=O) groups is 1. The van der Waals surface area contributed by atoms with Crippen molar-refractivity contribution < 1.29 is 13.9 Å². The molecule has 2 unspecified atom stereocenters. The van der Waals surface area contributed by atoms with Gasteiger partial charge < -0.3 is 10.1 Å². The van der Waals surface area contributed by atoms with Crippen LogP contribution in [0, 0.1) is 0 Å². The summed E-state index contributed by atoms with van der Waals surface area (Å²) in [5.74, 6) is -0.766. The maximum atomic E-state index is 13.9. The minimum absolute atomic E-state index is 0.359. The lowest BCUT2D eigenvalue weighted by molar-refractivity contribution is -0.120. The van der Waals surface area contributed by atoms with Gasteiger partial charge in [-0.15, -0.1) is 6.58 Å². The average Bonchev–Trinajstić information content (AvgIpc) is 2.31. The number of amides is 1. The first-order valence-corrected chi connectivity index (χ1v) is 5.71. The molecule has 2 atom stereocenters. The van der Waals surface area contributed by atoms with Crippen LogP contribution < -0.4 is 10.1 Å². The van der Waals surface area contributed by atoms with Crippen LogP contribution in [-0.4, -0.2) is 23.8 Å². The molecule has 0 aliphatic carbocycles. The third-order valence-electron chi connectivity index (χ3n) is 2.35. The second kappa shape index (κ2) is 6.74. The molecule has 0 aromatic carbocycles. The number of hydrogen-bond donors (Lipinski definition) is 1. The van der Waals surface area contributed by atoms with Gasteiger partial charge in [-0.05, 0) is 13.0 Å². The molecule has 0 saturated carbocycles. The quantitative estimate of drug-likeness (QED) is 0.623. The number of pyridine rings is 1. The minimum atomic E-state index is -1.55. The third-order valence-corrected chi connectivity index (χ3v) is 2.35. The van der Waals surface area contributed by atoms with Crippen molar-refractivity contribution in [2.24, 2.45) is 0 Å². The van der Waals surface area contributed by atoms with E-state index in [0.717, 1.165) is 0 Å². The lowest BCUT2D eigenvalue weighted by Crippen LogP contribution is -2.34. The van der Waals surface area contributed by atoms with Gasteiger partial charge in [0.2, 0.25) is 11.8 Å². The maximum absolute atomic E-state index is 13.9. The predicted octanol–water partition coefficient (Wildman–Crippen LogP) is 2.18. The van der Waals surface area contributed by atoms with E-state index in [1.54, 1.807) is 18.3 Å². The molecule has 1 amide bonds. The number of alkyl halides is 1. The molecule has 5 heteroatoms. The fraction of sp³-hybridized carbons (Fsp3) is 0.385. The molecule has 98 valence electrons. The van der Waals surface area contributed by atoms with Crippen LogP contribution in [0.4, 0.5) is 4.39 Å². The van der Waals surface area contributed by atoms with Gasteiger partial charge in [-0.3, -0.25) is 4.79 Å². The number of hydrogen-bond acceptors (Lipinski definition) is 3. The summed E-state index contributed by atoms with van der Waals surface area (Å²) in [6.45, 7) is 7.11. The molecule has 0 saturated heterocycles. The summed E-state index contributed by atoms with van der Waals surface area (Å²) >= 11 is 0. The number of aromatic nitrogens is 1. The van der Waals surface area contributed by atoms with Crippen LogP contribution in [0.2, 0.25) is 0 Å². The molecule has 0 spiro atoms. The Bertz CT molecular complexity index is 423. The van der Waals surface area contributed by atoms with E-state index in [1.165, 1.54) is 13.0 Å². The normalized spacial score (nSPS) is 13.5. The molecule has 1 heterocycles. The predicted molar refractivity (Wildman–Crippen MR) is 67.1 cm³/mol. The Morgan fingerprint density at radius 1 is 1.72 bits per heavy atom. The van der Waals surface area contributed by atoms with E-state index in [4.69, 9.17) is 4.74 Å². The lowest BCUT2D eigenvalue weighted by Gasteiger charge is -2.20. The SMILES string of the molecule is C=CC(c1cccnc1OCC)C(F)NC(C)=O. The molecule has 18 heavy (non-hydrogen) atoms. The Labute approximate surface area is 106 Å². The maximum Gasteiger partial charge on any atom is 0.219 e. The van der Waals surface area contributed by atoms with Crippen LogP contribution in [0.3, 0.4) is 0 Å². The van der Waals surface area contributed by atoms with Gasteiger partial charge >= 0.3 is 0 Å². The lowest BCUT2D eigenvalue weighted by atomic mass is 9.99. The fourth-order valence-electron chi connectivity index (χ4n) is 1.60. The monoisotopic (exact) mass is 252 g/mol. The van der Waals surface area contributed by atoms with Crippen molar-refractivity contribution in [1.29, 1.82) is 0 Å². The number of nitrogens with one attached hydrogen (secondary N) is 1. The molecular formula is C13H17FN2O2. The first kappa shape index (κ1) is 14.2. The molecule has 0 aliphatic heterocycles. The molecule has 1 aromatic rings. The van der Waals surface area contributed by atoms with Crippen LogP contribution in [0.15, 0.2) is 31.0 Å². The molecule has 1 aromatic heterocycles. The Hall–Kier alpha value is -1.91. The smallest absolute Gasteiger partial charge is 0.219 e. The summed E-state index contributed by atoms with van der Waals surface area (Å²) in [6, 6.07) is 3.40. The number of carbonyl (C=O) groups excluding carboxylic acids is 1. The second-order valence-corrected chi connectivity index (χ2v) is 3.69. The highest BCUT2D eigenvalue weighted by Gasteiger charge is 2.24. The first-order chi connectivity index (χ1) is 8.60. The summed E-state index contributed by atoms with van der Waals surface area (Å²) in [4.78, 5) is 14.9. The van der Waals surface area contributed by atoms with Gasteiger partial charge in [-0.1, -0.05) is 12.1 Å². The number of rotatable bonds is 6. The van der Waals surface area contributed by atoms with Crippen molar-refractivity contribution in [3.63, 3.8) is 0 Å². The molecule has 1 rings (SSSR count). The summed E-state index contributed by atoms with van der Waals surface area (Å²) < 4.78 is 19.3. The van der Waals surface area contributed by atoms with Crippen LogP contribution in [-0.2, 0) is 4.79 Å². The van der Waals surface area contributed by atoms with Crippen LogP contribution in [0.5, 0.6) is 5.88 Å². The van der Waals surface area contributed by atoms with Gasteiger partial charge in [-0.2, -0.15) is 0 Å². The van der Waals surface area contributed by atoms with Gasteiger partial charge in [0.15, 0.2) is 6.30 Å². The Kier molecular flexibility index (Phi) is 5.30. The van der Waals surface area contributed by atoms with E-state index < -0.39 is 18.1 Å². The molecule has 0 bridgehead atoms. The van der Waals surface area contributed by atoms with Gasteiger partial charge in [0, 0.05) is 18.7 Å². The largest absolute Gasteiger partial charge is 0.478 e. The summed E-state index contributed by atoms with van der Waals surface area (Å²) in [5, 5.41) is 2.20. The highest BCUT2D eigenvalue weighted by molar-refractivity contribution is 5.73. The van der Waals surface area contributed by atoms with Crippen molar-refractivity contribution in [1.82, 2.24) is 10.3 Å². The standard InChI is InChI=1S/C13H17FN2O2/c1-4-10(12(14)16-9(3)17)11-7-6-8-15-13(11)18-5-2/h4,6-8,10,12H,1,5H2,2-3H3,(H,16,17). The zero-order chi connectivity index (χ0) is 13.5. The van der Waals surface area contributed by atoms with Crippen LogP contribution in [0.25, 0.3) is 0 Å². The van der Waals surface area contributed by atoms with Crippen molar-refractivity contribution in [2.45, 2.75) is 26.1 Å². The topological polar surface area (TPSA) is 51.2 Å². The molecule has 0 fully saturated rings. The molecular weight excluding hydrogens is 235 g/mol. The Morgan fingerprint density at radius 2 is 2.44 bits per heavy atom. The van der Waals surface area contributed by atoms with Crippen molar-refractivity contribution in [3.8, 4) is 5.88 Å². The summed E-state index contributed by atoms with van der Waals surface area (Å²) in [5.41, 5.74) is 0.565. The minimum Gasteiger partial charge on any atom is -0.478 e. The van der Waals surface area contributed by atoms with E-state index in [0.29, 0.717) is 18.1 Å². The zero-order valence-electron chi connectivity index (χ0n) is 10.5. The van der Waals surface area contributed by atoms with E-state index in [-0.39, 0.29) is 0 Å². The van der Waals surface area contributed by atoms with Gasteiger partial charge in [0.25, 0.3) is 0 Å². The fourth-order valence-corrected chi connectivity index (χ4v) is 1.60. The molecule has 4 nitrogen and oxygen atoms in total. The van der Waals surface area contributed by atoms with Gasteiger partial charge in [0.1, 0.15) is 0 Å². The molecule has 0 radical (unpaired) electrons. The third kappa shape index (κ3) is 3.55. The Morgan fingerprint density at radius 3 is 3.00 bits per heavy atom. The highest BCUT2D eigenvalue weighted by Crippen LogP contribution is 2.28. The molecule has 0 aliphatic rings. The van der Waals surface area contributed by atoms with Crippen LogP contribution >= 0.6 is 0 Å². The Balaban J connectivity index is 3.00.